The highest BCUT2D eigenvalue weighted by Crippen LogP contribution is 2.33. The predicted molar refractivity (Wildman–Crippen MR) is 58.9 cm³/mol. The summed E-state index contributed by atoms with van der Waals surface area (Å²) < 4.78 is 107. The summed E-state index contributed by atoms with van der Waals surface area (Å²) in [6.45, 7) is 0. The van der Waals surface area contributed by atoms with Gasteiger partial charge in [-0.15, -0.1) is 0 Å². The second-order valence-electron chi connectivity index (χ2n) is 4.29. The lowest BCUT2D eigenvalue weighted by Crippen LogP contribution is -2.04. The summed E-state index contributed by atoms with van der Waals surface area (Å²) in [6.07, 6.45) is 0. The predicted octanol–water partition coefficient (Wildman–Crippen LogP) is 4.50. The number of halogens is 8. The Kier molecular flexibility index (Phi) is 2.98. The van der Waals surface area contributed by atoms with E-state index in [1.165, 1.54) is 0 Å². The molecule has 1 heterocycles. The average molecular weight is 323 g/mol. The molecular formula is C13HF8N. The SMILES string of the molecule is Fc1cc2c(F)c3c(F)c(F)c(F)c(F)c3nc2c(F)c1F. The van der Waals surface area contributed by atoms with E-state index in [0.29, 0.717) is 0 Å². The Morgan fingerprint density at radius 2 is 1.09 bits per heavy atom. The summed E-state index contributed by atoms with van der Waals surface area (Å²) in [5.41, 5.74) is -2.57. The van der Waals surface area contributed by atoms with Crippen LogP contribution in [-0.4, -0.2) is 4.98 Å². The van der Waals surface area contributed by atoms with Crippen molar-refractivity contribution in [1.82, 2.24) is 4.98 Å². The summed E-state index contributed by atoms with van der Waals surface area (Å²) in [6, 6.07) is 0.147. The highest BCUT2D eigenvalue weighted by atomic mass is 19.2. The lowest BCUT2D eigenvalue weighted by molar-refractivity contribution is 0.415. The fourth-order valence-electron chi connectivity index (χ4n) is 2.03. The Labute approximate surface area is 115 Å². The van der Waals surface area contributed by atoms with Crippen LogP contribution in [0, 0.1) is 46.5 Å². The fourth-order valence-corrected chi connectivity index (χ4v) is 2.03. The summed E-state index contributed by atoms with van der Waals surface area (Å²) in [5.74, 6) is -16.4. The fraction of sp³-hybridized carbons (Fsp3) is 0. The van der Waals surface area contributed by atoms with Crippen LogP contribution in [0.15, 0.2) is 6.07 Å². The Morgan fingerprint density at radius 3 is 1.73 bits per heavy atom. The number of nitrogens with zero attached hydrogens (tertiary/aromatic N) is 1. The zero-order valence-electron chi connectivity index (χ0n) is 10.0. The maximum Gasteiger partial charge on any atom is 0.199 e. The Hall–Kier alpha value is -2.45. The van der Waals surface area contributed by atoms with Crippen LogP contribution in [0.1, 0.15) is 0 Å². The van der Waals surface area contributed by atoms with Gasteiger partial charge in [0, 0.05) is 5.39 Å². The molecule has 0 saturated heterocycles. The van der Waals surface area contributed by atoms with E-state index in [4.69, 9.17) is 0 Å². The minimum absolute atomic E-state index is 0.147. The average Bonchev–Trinajstić information content (AvgIpc) is 2.49. The molecule has 1 aromatic heterocycles. The molecule has 0 spiro atoms. The number of rotatable bonds is 0. The van der Waals surface area contributed by atoms with Crippen LogP contribution in [0.25, 0.3) is 21.8 Å². The quantitative estimate of drug-likeness (QED) is 0.257. The zero-order chi connectivity index (χ0) is 16.3. The molecule has 9 heteroatoms. The zero-order valence-corrected chi connectivity index (χ0v) is 10.0. The molecule has 0 aliphatic heterocycles. The number of hydrogen-bond acceptors (Lipinski definition) is 1. The molecule has 3 rings (SSSR count). The molecule has 0 bridgehead atoms. The van der Waals surface area contributed by atoms with Crippen LogP contribution < -0.4 is 0 Å². The van der Waals surface area contributed by atoms with E-state index < -0.39 is 68.3 Å². The van der Waals surface area contributed by atoms with E-state index in [2.05, 4.69) is 4.98 Å². The standard InChI is InChI=1S/C13HF8N/c14-3-1-2-5(15)4-7(17)8(18)9(19)11(21)13(4)22-12(2)10(20)6(3)16/h1H. The van der Waals surface area contributed by atoms with E-state index in [1.54, 1.807) is 0 Å². The second kappa shape index (κ2) is 4.52. The first-order valence-corrected chi connectivity index (χ1v) is 5.54. The van der Waals surface area contributed by atoms with Crippen molar-refractivity contribution in [3.05, 3.63) is 52.6 Å². The minimum Gasteiger partial charge on any atom is -0.241 e. The van der Waals surface area contributed by atoms with Crippen molar-refractivity contribution in [2.75, 3.05) is 0 Å². The molecule has 1 nitrogen and oxygen atoms in total. The largest absolute Gasteiger partial charge is 0.241 e. The van der Waals surface area contributed by atoms with Gasteiger partial charge in [0.2, 0.25) is 0 Å². The molecule has 22 heavy (non-hydrogen) atoms. The molecule has 0 aliphatic rings. The van der Waals surface area contributed by atoms with Crippen LogP contribution >= 0.6 is 0 Å². The van der Waals surface area contributed by atoms with Gasteiger partial charge in [0.15, 0.2) is 40.7 Å². The van der Waals surface area contributed by atoms with E-state index in [0.717, 1.165) is 0 Å². The normalized spacial score (nSPS) is 11.6. The lowest BCUT2D eigenvalue weighted by atomic mass is 10.1. The first-order chi connectivity index (χ1) is 10.3. The Bertz CT molecular complexity index is 966. The molecule has 0 atom stereocenters. The third kappa shape index (κ3) is 1.68. The van der Waals surface area contributed by atoms with Gasteiger partial charge in [-0.3, -0.25) is 0 Å². The molecule has 0 fully saturated rings. The van der Waals surface area contributed by atoms with Gasteiger partial charge in [-0.2, -0.15) is 0 Å². The van der Waals surface area contributed by atoms with Gasteiger partial charge in [-0.05, 0) is 6.07 Å². The Balaban J connectivity index is 2.68. The first kappa shape index (κ1) is 14.5. The van der Waals surface area contributed by atoms with Crippen molar-refractivity contribution in [2.45, 2.75) is 0 Å². The molecule has 0 unspecified atom stereocenters. The highest BCUT2D eigenvalue weighted by molar-refractivity contribution is 5.94. The third-order valence-electron chi connectivity index (χ3n) is 3.06. The second-order valence-corrected chi connectivity index (χ2v) is 4.29. The summed E-state index contributed by atoms with van der Waals surface area (Å²) in [4.78, 5) is 3.06. The maximum atomic E-state index is 14.1. The van der Waals surface area contributed by atoms with Crippen molar-refractivity contribution in [1.29, 1.82) is 0 Å². The van der Waals surface area contributed by atoms with Crippen LogP contribution in [0.3, 0.4) is 0 Å². The molecule has 3 aromatic rings. The number of benzene rings is 2. The monoisotopic (exact) mass is 323 g/mol. The van der Waals surface area contributed by atoms with Gasteiger partial charge in [0.1, 0.15) is 16.9 Å². The lowest BCUT2D eigenvalue weighted by Gasteiger charge is -2.09. The maximum absolute atomic E-state index is 14.1. The molecule has 0 radical (unpaired) electrons. The molecular weight excluding hydrogens is 322 g/mol. The molecule has 2 aromatic carbocycles. The van der Waals surface area contributed by atoms with E-state index in [1.807, 2.05) is 0 Å². The smallest absolute Gasteiger partial charge is 0.199 e. The number of aromatic nitrogens is 1. The first-order valence-electron chi connectivity index (χ1n) is 5.54. The van der Waals surface area contributed by atoms with Crippen molar-refractivity contribution in [3.63, 3.8) is 0 Å². The van der Waals surface area contributed by atoms with Crippen LogP contribution in [0.5, 0.6) is 0 Å². The van der Waals surface area contributed by atoms with Gasteiger partial charge < -0.3 is 0 Å². The van der Waals surface area contributed by atoms with E-state index >= 15 is 0 Å². The topological polar surface area (TPSA) is 12.9 Å². The number of fused-ring (bicyclic) bond motifs is 2. The molecule has 114 valence electrons. The van der Waals surface area contributed by atoms with Gasteiger partial charge in [0.05, 0.1) is 5.39 Å². The third-order valence-corrected chi connectivity index (χ3v) is 3.06. The van der Waals surface area contributed by atoms with Crippen molar-refractivity contribution < 1.29 is 35.1 Å². The summed E-state index contributed by atoms with van der Waals surface area (Å²) in [5, 5.41) is -2.48. The summed E-state index contributed by atoms with van der Waals surface area (Å²) >= 11 is 0. The Morgan fingerprint density at radius 1 is 0.545 bits per heavy atom. The summed E-state index contributed by atoms with van der Waals surface area (Å²) in [7, 11) is 0. The van der Waals surface area contributed by atoms with Crippen LogP contribution in [0.4, 0.5) is 35.1 Å². The van der Waals surface area contributed by atoms with Crippen LogP contribution in [-0.2, 0) is 0 Å². The van der Waals surface area contributed by atoms with Crippen LogP contribution in [0.2, 0.25) is 0 Å². The van der Waals surface area contributed by atoms with Gasteiger partial charge in [0.25, 0.3) is 0 Å². The molecule has 0 N–H and O–H groups in total. The van der Waals surface area contributed by atoms with Crippen molar-refractivity contribution >= 4 is 21.8 Å². The number of hydrogen-bond donors (Lipinski definition) is 0. The molecule has 0 aliphatic carbocycles. The van der Waals surface area contributed by atoms with E-state index in [9.17, 15) is 35.1 Å². The van der Waals surface area contributed by atoms with Gasteiger partial charge >= 0.3 is 0 Å². The molecule has 0 amide bonds. The van der Waals surface area contributed by atoms with Gasteiger partial charge in [-0.25, -0.2) is 40.1 Å². The number of pyridine rings is 1. The minimum atomic E-state index is -2.31. The van der Waals surface area contributed by atoms with Gasteiger partial charge in [-0.1, -0.05) is 0 Å². The highest BCUT2D eigenvalue weighted by Gasteiger charge is 2.27. The van der Waals surface area contributed by atoms with Crippen molar-refractivity contribution in [3.8, 4) is 0 Å². The van der Waals surface area contributed by atoms with Crippen molar-refractivity contribution in [2.24, 2.45) is 0 Å². The van der Waals surface area contributed by atoms with E-state index in [-0.39, 0.29) is 6.07 Å². The molecule has 0 saturated carbocycles.